The van der Waals surface area contributed by atoms with Gasteiger partial charge in [0.25, 0.3) is 0 Å². The van der Waals surface area contributed by atoms with E-state index in [1.165, 1.54) is 5.56 Å². The zero-order chi connectivity index (χ0) is 15.4. The van der Waals surface area contributed by atoms with Crippen LogP contribution in [-0.2, 0) is 11.2 Å². The van der Waals surface area contributed by atoms with Gasteiger partial charge in [0.05, 0.1) is 17.6 Å². The summed E-state index contributed by atoms with van der Waals surface area (Å²) >= 11 is 0. The van der Waals surface area contributed by atoms with Crippen LogP contribution in [0.4, 0.5) is 4.79 Å². The molecule has 1 amide bonds. The fourth-order valence-corrected chi connectivity index (χ4v) is 3.10. The molecule has 1 saturated heterocycles. The number of aromatic nitrogens is 2. The fourth-order valence-electron chi connectivity index (χ4n) is 3.10. The Labute approximate surface area is 130 Å². The monoisotopic (exact) mass is 301 g/mol. The largest absolute Gasteiger partial charge is 0.449 e. The van der Waals surface area contributed by atoms with E-state index in [1.54, 1.807) is 0 Å². The summed E-state index contributed by atoms with van der Waals surface area (Å²) in [5.74, 6) is 0. The lowest BCUT2D eigenvalue weighted by Crippen LogP contribution is -2.37. The summed E-state index contributed by atoms with van der Waals surface area (Å²) in [5, 5.41) is 0. The number of rotatable bonds is 5. The first-order valence-electron chi connectivity index (χ1n) is 8.14. The van der Waals surface area contributed by atoms with Crippen molar-refractivity contribution in [3.05, 3.63) is 30.1 Å². The Bertz CT molecular complexity index is 638. The Morgan fingerprint density at radius 2 is 2.45 bits per heavy atom. The van der Waals surface area contributed by atoms with Gasteiger partial charge in [0.2, 0.25) is 0 Å². The summed E-state index contributed by atoms with van der Waals surface area (Å²) in [6.45, 7) is 3.41. The van der Waals surface area contributed by atoms with E-state index in [-0.39, 0.29) is 12.1 Å². The normalized spacial score (nSPS) is 18.0. The average Bonchev–Trinajstić information content (AvgIpc) is 3.15. The van der Waals surface area contributed by atoms with E-state index in [9.17, 15) is 4.79 Å². The predicted octanol–water partition coefficient (Wildman–Crippen LogP) is 3.51. The maximum Gasteiger partial charge on any atom is 0.410 e. The van der Waals surface area contributed by atoms with Crippen LogP contribution in [0.25, 0.3) is 11.0 Å². The molecule has 118 valence electrons. The maximum absolute atomic E-state index is 12.2. The standard InChI is InChI=1S/C17H23N3O2/c1-2-3-10-22-17(21)20-9-5-6-14(20)11-13-12-19-15-7-4-8-18-16(13)15/h4,7-8,12,14,19H,2-3,5-6,9-11H2,1H3. The number of likely N-dealkylation sites (tertiary alicyclic amines) is 1. The smallest absolute Gasteiger partial charge is 0.410 e. The number of pyridine rings is 1. The average molecular weight is 301 g/mol. The lowest BCUT2D eigenvalue weighted by atomic mass is 10.1. The summed E-state index contributed by atoms with van der Waals surface area (Å²) < 4.78 is 5.37. The molecule has 22 heavy (non-hydrogen) atoms. The van der Waals surface area contributed by atoms with Crippen molar-refractivity contribution in [3.8, 4) is 0 Å². The molecular formula is C17H23N3O2. The fraction of sp³-hybridized carbons (Fsp3) is 0.529. The van der Waals surface area contributed by atoms with E-state index < -0.39 is 0 Å². The number of ether oxygens (including phenoxy) is 1. The van der Waals surface area contributed by atoms with Gasteiger partial charge in [-0.1, -0.05) is 13.3 Å². The molecule has 3 rings (SSSR count). The number of hydrogen-bond donors (Lipinski definition) is 1. The molecule has 0 aromatic carbocycles. The maximum atomic E-state index is 12.2. The molecule has 2 aromatic heterocycles. The van der Waals surface area contributed by atoms with Crippen molar-refractivity contribution in [2.75, 3.05) is 13.2 Å². The van der Waals surface area contributed by atoms with Gasteiger partial charge in [-0.25, -0.2) is 4.79 Å². The summed E-state index contributed by atoms with van der Waals surface area (Å²) in [4.78, 5) is 21.8. The second-order valence-corrected chi connectivity index (χ2v) is 5.87. The Morgan fingerprint density at radius 3 is 3.32 bits per heavy atom. The zero-order valence-electron chi connectivity index (χ0n) is 13.0. The molecule has 2 aromatic rings. The lowest BCUT2D eigenvalue weighted by molar-refractivity contribution is 0.0969. The Kier molecular flexibility index (Phi) is 4.61. The van der Waals surface area contributed by atoms with Gasteiger partial charge >= 0.3 is 6.09 Å². The van der Waals surface area contributed by atoms with Crippen LogP contribution in [0.1, 0.15) is 38.2 Å². The molecule has 1 unspecified atom stereocenters. The molecule has 1 fully saturated rings. The highest BCUT2D eigenvalue weighted by atomic mass is 16.6. The first kappa shape index (κ1) is 14.9. The first-order chi connectivity index (χ1) is 10.8. The topological polar surface area (TPSA) is 58.2 Å². The Hall–Kier alpha value is -2.04. The lowest BCUT2D eigenvalue weighted by Gasteiger charge is -2.23. The number of unbranched alkanes of at least 4 members (excludes halogenated alkanes) is 1. The van der Waals surface area contributed by atoms with Crippen LogP contribution in [0.5, 0.6) is 0 Å². The minimum absolute atomic E-state index is 0.163. The van der Waals surface area contributed by atoms with E-state index in [2.05, 4.69) is 16.9 Å². The van der Waals surface area contributed by atoms with Crippen LogP contribution in [0.2, 0.25) is 0 Å². The molecule has 0 bridgehead atoms. The van der Waals surface area contributed by atoms with Crippen LogP contribution in [0.15, 0.2) is 24.5 Å². The van der Waals surface area contributed by atoms with E-state index in [1.807, 2.05) is 29.4 Å². The number of aromatic amines is 1. The highest BCUT2D eigenvalue weighted by Crippen LogP contribution is 2.25. The number of amides is 1. The molecule has 5 heteroatoms. The van der Waals surface area contributed by atoms with Gasteiger partial charge < -0.3 is 14.6 Å². The van der Waals surface area contributed by atoms with Gasteiger partial charge in [-0.15, -0.1) is 0 Å². The SMILES string of the molecule is CCCCOC(=O)N1CCCC1Cc1c[nH]c2cccnc12. The number of hydrogen-bond acceptors (Lipinski definition) is 3. The van der Waals surface area contributed by atoms with E-state index in [4.69, 9.17) is 4.74 Å². The van der Waals surface area contributed by atoms with Crippen LogP contribution < -0.4 is 0 Å². The van der Waals surface area contributed by atoms with E-state index in [0.29, 0.717) is 6.61 Å². The molecule has 1 aliphatic heterocycles. The molecule has 1 aliphatic rings. The van der Waals surface area contributed by atoms with Crippen molar-refractivity contribution in [3.63, 3.8) is 0 Å². The molecule has 5 nitrogen and oxygen atoms in total. The molecule has 0 radical (unpaired) electrons. The first-order valence-corrected chi connectivity index (χ1v) is 8.14. The summed E-state index contributed by atoms with van der Waals surface area (Å²) in [5.41, 5.74) is 3.23. The van der Waals surface area contributed by atoms with Gasteiger partial charge in [0.15, 0.2) is 0 Å². The van der Waals surface area contributed by atoms with Crippen LogP contribution >= 0.6 is 0 Å². The van der Waals surface area contributed by atoms with Crippen LogP contribution in [0.3, 0.4) is 0 Å². The predicted molar refractivity (Wildman–Crippen MR) is 85.8 cm³/mol. The van der Waals surface area contributed by atoms with Gasteiger partial charge in [-0.05, 0) is 43.4 Å². The number of fused-ring (bicyclic) bond motifs is 1. The molecule has 0 aliphatic carbocycles. The third-order valence-electron chi connectivity index (χ3n) is 4.30. The van der Waals surface area contributed by atoms with E-state index >= 15 is 0 Å². The van der Waals surface area contributed by atoms with Gasteiger partial charge in [-0.3, -0.25) is 4.98 Å². The molecule has 1 N–H and O–H groups in total. The molecule has 1 atom stereocenters. The van der Waals surface area contributed by atoms with Crippen molar-refractivity contribution < 1.29 is 9.53 Å². The molecule has 3 heterocycles. The number of nitrogens with zero attached hydrogens (tertiary/aromatic N) is 2. The van der Waals surface area contributed by atoms with Crippen molar-refractivity contribution in [1.29, 1.82) is 0 Å². The van der Waals surface area contributed by atoms with Crippen molar-refractivity contribution in [2.45, 2.75) is 45.1 Å². The number of carbonyl (C=O) groups excluding carboxylic acids is 1. The summed E-state index contributed by atoms with van der Waals surface area (Å²) in [6.07, 6.45) is 8.53. The third kappa shape index (κ3) is 3.08. The minimum Gasteiger partial charge on any atom is -0.449 e. The Balaban J connectivity index is 1.67. The Morgan fingerprint density at radius 1 is 1.55 bits per heavy atom. The second-order valence-electron chi connectivity index (χ2n) is 5.87. The number of nitrogens with one attached hydrogen (secondary N) is 1. The summed E-state index contributed by atoms with van der Waals surface area (Å²) in [6, 6.07) is 4.17. The minimum atomic E-state index is -0.163. The summed E-state index contributed by atoms with van der Waals surface area (Å²) in [7, 11) is 0. The van der Waals surface area contributed by atoms with Gasteiger partial charge in [0.1, 0.15) is 0 Å². The van der Waals surface area contributed by atoms with Crippen LogP contribution in [-0.4, -0.2) is 40.2 Å². The molecule has 0 saturated carbocycles. The number of carbonyl (C=O) groups is 1. The van der Waals surface area contributed by atoms with Gasteiger partial charge in [-0.2, -0.15) is 0 Å². The van der Waals surface area contributed by atoms with Crippen LogP contribution in [0, 0.1) is 0 Å². The highest BCUT2D eigenvalue weighted by Gasteiger charge is 2.30. The highest BCUT2D eigenvalue weighted by molar-refractivity contribution is 5.78. The molecule has 0 spiro atoms. The van der Waals surface area contributed by atoms with Crippen molar-refractivity contribution >= 4 is 17.1 Å². The van der Waals surface area contributed by atoms with E-state index in [0.717, 1.165) is 49.7 Å². The second kappa shape index (κ2) is 6.81. The molecular weight excluding hydrogens is 278 g/mol. The number of H-pyrrole nitrogens is 1. The van der Waals surface area contributed by atoms with Crippen molar-refractivity contribution in [2.24, 2.45) is 0 Å². The van der Waals surface area contributed by atoms with Crippen molar-refractivity contribution in [1.82, 2.24) is 14.9 Å². The van der Waals surface area contributed by atoms with Gasteiger partial charge in [0, 0.05) is 25.0 Å². The third-order valence-corrected chi connectivity index (χ3v) is 4.30. The zero-order valence-corrected chi connectivity index (χ0v) is 13.0. The quantitative estimate of drug-likeness (QED) is 0.860.